The molecule has 0 fully saturated rings. The van der Waals surface area contributed by atoms with Crippen LogP contribution in [0.5, 0.6) is 0 Å². The van der Waals surface area contributed by atoms with Crippen LogP contribution in [0.3, 0.4) is 0 Å². The van der Waals surface area contributed by atoms with Crippen LogP contribution in [0.2, 0.25) is 10.0 Å². The fourth-order valence-corrected chi connectivity index (χ4v) is 2.38. The van der Waals surface area contributed by atoms with Crippen LogP contribution in [0.15, 0.2) is 23.2 Å². The molecule has 0 unspecified atom stereocenters. The summed E-state index contributed by atoms with van der Waals surface area (Å²) < 4.78 is 0. The zero-order valence-electron chi connectivity index (χ0n) is 9.91. The van der Waals surface area contributed by atoms with Crippen molar-refractivity contribution in [1.29, 1.82) is 0 Å². The number of hydrogen-bond acceptors (Lipinski definition) is 2. The average molecular weight is 291 g/mol. The average Bonchev–Trinajstić information content (AvgIpc) is 2.25. The summed E-state index contributed by atoms with van der Waals surface area (Å²) in [7, 11) is 0. The molecular formula is C12H16Cl2N2S. The maximum Gasteiger partial charge on any atom is 0.154 e. The molecule has 0 aromatic heterocycles. The van der Waals surface area contributed by atoms with E-state index in [2.05, 4.69) is 18.8 Å². The Hall–Kier alpha value is -0.380. The van der Waals surface area contributed by atoms with Gasteiger partial charge in [-0.05, 0) is 23.6 Å². The molecule has 0 bridgehead atoms. The number of halogens is 2. The predicted molar refractivity (Wildman–Crippen MR) is 79.1 cm³/mol. The lowest BCUT2D eigenvalue weighted by atomic mass is 10.2. The van der Waals surface area contributed by atoms with Gasteiger partial charge in [-0.1, -0.05) is 54.9 Å². The number of hydrogen-bond donors (Lipinski definition) is 1. The summed E-state index contributed by atoms with van der Waals surface area (Å²) in [6, 6.07) is 5.47. The van der Waals surface area contributed by atoms with Gasteiger partial charge in [0.2, 0.25) is 0 Å². The molecule has 0 saturated carbocycles. The van der Waals surface area contributed by atoms with Gasteiger partial charge in [0.05, 0.1) is 0 Å². The Morgan fingerprint density at radius 2 is 2.12 bits per heavy atom. The second-order valence-electron chi connectivity index (χ2n) is 4.10. The summed E-state index contributed by atoms with van der Waals surface area (Å²) in [6.07, 6.45) is 0. The Labute approximate surface area is 117 Å². The molecule has 0 atom stereocenters. The van der Waals surface area contributed by atoms with E-state index in [1.807, 2.05) is 12.1 Å². The first kappa shape index (κ1) is 14.7. The van der Waals surface area contributed by atoms with Gasteiger partial charge in [-0.25, -0.2) is 0 Å². The van der Waals surface area contributed by atoms with Crippen molar-refractivity contribution < 1.29 is 0 Å². The van der Waals surface area contributed by atoms with E-state index in [9.17, 15) is 0 Å². The van der Waals surface area contributed by atoms with E-state index in [-0.39, 0.29) is 0 Å². The number of thioether (sulfide) groups is 1. The number of benzene rings is 1. The van der Waals surface area contributed by atoms with E-state index in [1.54, 1.807) is 6.07 Å². The van der Waals surface area contributed by atoms with Crippen molar-refractivity contribution in [3.8, 4) is 0 Å². The lowest BCUT2D eigenvalue weighted by Gasteiger charge is -2.05. The third-order valence-electron chi connectivity index (χ3n) is 2.00. The summed E-state index contributed by atoms with van der Waals surface area (Å²) in [6.45, 7) is 4.97. The molecule has 1 aromatic rings. The lowest BCUT2D eigenvalue weighted by Crippen LogP contribution is -2.09. The first-order chi connectivity index (χ1) is 7.99. The normalized spacial score (nSPS) is 12.2. The highest BCUT2D eigenvalue weighted by Gasteiger charge is 2.03. The molecule has 0 saturated heterocycles. The van der Waals surface area contributed by atoms with Crippen molar-refractivity contribution in [2.24, 2.45) is 16.6 Å². The lowest BCUT2D eigenvalue weighted by molar-refractivity contribution is 0.666. The van der Waals surface area contributed by atoms with Crippen LogP contribution in [-0.2, 0) is 5.75 Å². The fourth-order valence-electron chi connectivity index (χ4n) is 1.11. The fraction of sp³-hybridized carbons (Fsp3) is 0.417. The minimum Gasteiger partial charge on any atom is -0.379 e. The summed E-state index contributed by atoms with van der Waals surface area (Å²) in [5.41, 5.74) is 6.81. The van der Waals surface area contributed by atoms with Crippen LogP contribution in [0.25, 0.3) is 0 Å². The third kappa shape index (κ3) is 5.66. The van der Waals surface area contributed by atoms with Crippen molar-refractivity contribution in [3.63, 3.8) is 0 Å². The molecule has 1 rings (SSSR count). The Kier molecular flexibility index (Phi) is 6.17. The topological polar surface area (TPSA) is 38.4 Å². The maximum atomic E-state index is 6.06. The van der Waals surface area contributed by atoms with Crippen LogP contribution in [0.4, 0.5) is 0 Å². The highest BCUT2D eigenvalue weighted by molar-refractivity contribution is 8.13. The Morgan fingerprint density at radius 1 is 1.41 bits per heavy atom. The van der Waals surface area contributed by atoms with E-state index < -0.39 is 0 Å². The van der Waals surface area contributed by atoms with Crippen molar-refractivity contribution in [3.05, 3.63) is 33.8 Å². The number of nitrogens with two attached hydrogens (primary N) is 1. The molecule has 2 nitrogen and oxygen atoms in total. The molecule has 0 aliphatic rings. The van der Waals surface area contributed by atoms with E-state index in [0.29, 0.717) is 26.9 Å². The van der Waals surface area contributed by atoms with Gasteiger partial charge in [0.15, 0.2) is 5.17 Å². The van der Waals surface area contributed by atoms with Gasteiger partial charge >= 0.3 is 0 Å². The third-order valence-corrected chi connectivity index (χ3v) is 3.47. The molecule has 1 aromatic carbocycles. The van der Waals surface area contributed by atoms with Crippen LogP contribution in [0.1, 0.15) is 19.4 Å². The highest BCUT2D eigenvalue weighted by atomic mass is 35.5. The molecule has 0 heterocycles. The summed E-state index contributed by atoms with van der Waals surface area (Å²) in [5, 5.41) is 1.91. The number of nitrogens with zero attached hydrogens (tertiary/aromatic N) is 1. The minimum atomic E-state index is 0.522. The molecule has 0 aliphatic carbocycles. The van der Waals surface area contributed by atoms with E-state index >= 15 is 0 Å². The molecule has 94 valence electrons. The SMILES string of the molecule is CC(C)CN=C(N)SCc1ccc(Cl)cc1Cl. The quantitative estimate of drug-likeness (QED) is 0.667. The van der Waals surface area contributed by atoms with Gasteiger partial charge in [-0.15, -0.1) is 0 Å². The van der Waals surface area contributed by atoms with E-state index in [1.165, 1.54) is 11.8 Å². The monoisotopic (exact) mass is 290 g/mol. The van der Waals surface area contributed by atoms with Crippen LogP contribution < -0.4 is 5.73 Å². The zero-order chi connectivity index (χ0) is 12.8. The Balaban J connectivity index is 2.52. The Bertz CT molecular complexity index is 405. The second kappa shape index (κ2) is 7.14. The summed E-state index contributed by atoms with van der Waals surface area (Å²) in [4.78, 5) is 4.27. The molecule has 0 radical (unpaired) electrons. The predicted octanol–water partition coefficient (Wildman–Crippen LogP) is 4.20. The first-order valence-electron chi connectivity index (χ1n) is 5.35. The molecule has 5 heteroatoms. The Morgan fingerprint density at radius 3 is 2.71 bits per heavy atom. The number of aliphatic imine (C=N–C) groups is 1. The zero-order valence-corrected chi connectivity index (χ0v) is 12.2. The maximum absolute atomic E-state index is 6.06. The largest absolute Gasteiger partial charge is 0.379 e. The van der Waals surface area contributed by atoms with Crippen LogP contribution >= 0.6 is 35.0 Å². The van der Waals surface area contributed by atoms with Gasteiger partial charge in [0, 0.05) is 22.3 Å². The first-order valence-corrected chi connectivity index (χ1v) is 7.10. The van der Waals surface area contributed by atoms with Gasteiger partial charge in [0.1, 0.15) is 0 Å². The van der Waals surface area contributed by atoms with Crippen LogP contribution in [-0.4, -0.2) is 11.7 Å². The van der Waals surface area contributed by atoms with Crippen molar-refractivity contribution >= 4 is 40.1 Å². The molecule has 17 heavy (non-hydrogen) atoms. The molecular weight excluding hydrogens is 275 g/mol. The molecule has 0 spiro atoms. The summed E-state index contributed by atoms with van der Waals surface area (Å²) >= 11 is 13.4. The molecule has 0 amide bonds. The van der Waals surface area contributed by atoms with Gasteiger partial charge in [-0.2, -0.15) is 0 Å². The summed E-state index contributed by atoms with van der Waals surface area (Å²) in [5.74, 6) is 1.23. The van der Waals surface area contributed by atoms with Crippen molar-refractivity contribution in [2.45, 2.75) is 19.6 Å². The number of amidine groups is 1. The number of rotatable bonds is 4. The smallest absolute Gasteiger partial charge is 0.154 e. The highest BCUT2D eigenvalue weighted by Crippen LogP contribution is 2.24. The van der Waals surface area contributed by atoms with Crippen LogP contribution in [0, 0.1) is 5.92 Å². The van der Waals surface area contributed by atoms with Gasteiger partial charge in [-0.3, -0.25) is 4.99 Å². The van der Waals surface area contributed by atoms with Crippen molar-refractivity contribution in [2.75, 3.05) is 6.54 Å². The van der Waals surface area contributed by atoms with Gasteiger partial charge < -0.3 is 5.73 Å². The standard InChI is InChI=1S/C12H16Cl2N2S/c1-8(2)6-16-12(15)17-7-9-3-4-10(13)5-11(9)14/h3-5,8H,6-7H2,1-2H3,(H2,15,16). The molecule has 0 aliphatic heterocycles. The second-order valence-corrected chi connectivity index (χ2v) is 5.94. The minimum absolute atomic E-state index is 0.522. The van der Waals surface area contributed by atoms with E-state index in [4.69, 9.17) is 28.9 Å². The van der Waals surface area contributed by atoms with E-state index in [0.717, 1.165) is 12.1 Å². The van der Waals surface area contributed by atoms with Gasteiger partial charge in [0.25, 0.3) is 0 Å². The molecule has 2 N–H and O–H groups in total. The van der Waals surface area contributed by atoms with Crippen molar-refractivity contribution in [1.82, 2.24) is 0 Å².